The van der Waals surface area contributed by atoms with Crippen molar-refractivity contribution in [2.45, 2.75) is 65.2 Å². The molecule has 0 bridgehead atoms. The first-order valence-electron chi connectivity index (χ1n) is 9.66. The molecule has 1 aromatic rings. The summed E-state index contributed by atoms with van der Waals surface area (Å²) in [6, 6.07) is 5.95. The highest BCUT2D eigenvalue weighted by Gasteiger charge is 2.35. The summed E-state index contributed by atoms with van der Waals surface area (Å²) in [5, 5.41) is 0. The largest absolute Gasteiger partial charge is 0.491 e. The van der Waals surface area contributed by atoms with Crippen LogP contribution in [-0.2, 0) is 27.9 Å². The summed E-state index contributed by atoms with van der Waals surface area (Å²) in [5.41, 5.74) is 1.87. The molecule has 27 heavy (non-hydrogen) atoms. The third-order valence-corrected chi connectivity index (χ3v) is 6.38. The number of amides is 1. The van der Waals surface area contributed by atoms with E-state index < -0.39 is 10.0 Å². The quantitative estimate of drug-likeness (QED) is 0.744. The van der Waals surface area contributed by atoms with Gasteiger partial charge in [-0.25, -0.2) is 8.42 Å². The van der Waals surface area contributed by atoms with Crippen molar-refractivity contribution in [2.24, 2.45) is 5.92 Å². The number of nitrogens with zero attached hydrogens (tertiary/aromatic N) is 2. The van der Waals surface area contributed by atoms with Gasteiger partial charge in [0.15, 0.2) is 0 Å². The van der Waals surface area contributed by atoms with E-state index in [9.17, 15) is 13.2 Å². The van der Waals surface area contributed by atoms with Crippen molar-refractivity contribution in [3.05, 3.63) is 29.3 Å². The van der Waals surface area contributed by atoms with Gasteiger partial charge in [-0.2, -0.15) is 4.31 Å². The fourth-order valence-electron chi connectivity index (χ4n) is 3.50. The van der Waals surface area contributed by atoms with Crippen molar-refractivity contribution in [3.8, 4) is 5.75 Å². The minimum absolute atomic E-state index is 0.00563. The second-order valence-corrected chi connectivity index (χ2v) is 10.2. The lowest BCUT2D eigenvalue weighted by Gasteiger charge is -2.27. The molecule has 0 saturated heterocycles. The summed E-state index contributed by atoms with van der Waals surface area (Å²) in [5.74, 6) is 1.22. The minimum Gasteiger partial charge on any atom is -0.491 e. The molecule has 1 aliphatic carbocycles. The molecule has 1 aliphatic heterocycles. The van der Waals surface area contributed by atoms with Gasteiger partial charge in [0.25, 0.3) is 0 Å². The van der Waals surface area contributed by atoms with Crippen LogP contribution in [0.5, 0.6) is 5.75 Å². The normalized spacial score (nSPS) is 20.4. The number of carbonyl (C=O) groups is 1. The molecule has 1 aromatic carbocycles. The van der Waals surface area contributed by atoms with E-state index in [2.05, 4.69) is 0 Å². The van der Waals surface area contributed by atoms with Crippen molar-refractivity contribution in [1.82, 2.24) is 9.21 Å². The molecule has 0 N–H and O–H groups in total. The molecule has 6 nitrogen and oxygen atoms in total. The number of fused-ring (bicyclic) bond motifs is 1. The number of carbonyl (C=O) groups excluding carboxylic acids is 1. The Kier molecular flexibility index (Phi) is 5.82. The summed E-state index contributed by atoms with van der Waals surface area (Å²) in [6.07, 6.45) is 3.64. The van der Waals surface area contributed by atoms with Gasteiger partial charge in [0.05, 0.1) is 12.3 Å². The topological polar surface area (TPSA) is 66.9 Å². The monoisotopic (exact) mass is 394 g/mol. The van der Waals surface area contributed by atoms with E-state index in [1.165, 1.54) is 6.26 Å². The van der Waals surface area contributed by atoms with Crippen LogP contribution in [-0.4, -0.2) is 48.5 Å². The van der Waals surface area contributed by atoms with E-state index in [4.69, 9.17) is 4.74 Å². The molecule has 0 spiro atoms. The van der Waals surface area contributed by atoms with Crippen LogP contribution in [0.15, 0.2) is 18.2 Å². The lowest BCUT2D eigenvalue weighted by molar-refractivity contribution is -0.135. The van der Waals surface area contributed by atoms with Gasteiger partial charge >= 0.3 is 0 Å². The predicted octanol–water partition coefficient (Wildman–Crippen LogP) is 2.77. The number of hydrogen-bond donors (Lipinski definition) is 0. The van der Waals surface area contributed by atoms with E-state index in [1.54, 1.807) is 4.31 Å². The standard InChI is InChI=1S/C20H30N2O4S/c1-14(2)9-20(23)21-12-17-10-16(5-8-19(17)26-13-15(21)3)11-22(18-6-7-18)27(4,24)25/h5,8,10,14-15,18H,6-7,9,11-13H2,1-4H3/t15-/m0/s1. The molecule has 0 unspecified atom stereocenters. The van der Waals surface area contributed by atoms with E-state index in [1.807, 2.05) is 43.9 Å². The summed E-state index contributed by atoms with van der Waals surface area (Å²) in [6.45, 7) is 7.42. The molecule has 0 radical (unpaired) electrons. The fraction of sp³-hybridized carbons (Fsp3) is 0.650. The van der Waals surface area contributed by atoms with Crippen LogP contribution < -0.4 is 4.74 Å². The first-order valence-corrected chi connectivity index (χ1v) is 11.5. The minimum atomic E-state index is -3.24. The van der Waals surface area contributed by atoms with Gasteiger partial charge in [0.2, 0.25) is 15.9 Å². The third-order valence-electron chi connectivity index (χ3n) is 5.10. The third kappa shape index (κ3) is 5.02. The van der Waals surface area contributed by atoms with Crippen molar-refractivity contribution < 1.29 is 17.9 Å². The van der Waals surface area contributed by atoms with Gasteiger partial charge in [-0.15, -0.1) is 0 Å². The van der Waals surface area contributed by atoms with Crippen molar-refractivity contribution in [1.29, 1.82) is 0 Å². The van der Waals surface area contributed by atoms with Crippen molar-refractivity contribution >= 4 is 15.9 Å². The zero-order chi connectivity index (χ0) is 19.8. The maximum absolute atomic E-state index is 12.7. The molecule has 1 heterocycles. The van der Waals surface area contributed by atoms with E-state index in [0.29, 0.717) is 32.0 Å². The van der Waals surface area contributed by atoms with Crippen LogP contribution >= 0.6 is 0 Å². The Hall–Kier alpha value is -1.60. The smallest absolute Gasteiger partial charge is 0.223 e. The van der Waals surface area contributed by atoms with Gasteiger partial charge < -0.3 is 9.64 Å². The Bertz CT molecular complexity index is 802. The highest BCUT2D eigenvalue weighted by Crippen LogP contribution is 2.32. The molecule has 0 aromatic heterocycles. The highest BCUT2D eigenvalue weighted by atomic mass is 32.2. The van der Waals surface area contributed by atoms with Crippen LogP contribution in [0.2, 0.25) is 0 Å². The van der Waals surface area contributed by atoms with Crippen LogP contribution in [0, 0.1) is 5.92 Å². The average Bonchev–Trinajstić information content (AvgIpc) is 3.39. The molecule has 150 valence electrons. The van der Waals surface area contributed by atoms with E-state index >= 15 is 0 Å². The summed E-state index contributed by atoms with van der Waals surface area (Å²) in [4.78, 5) is 14.5. The Morgan fingerprint density at radius 3 is 2.63 bits per heavy atom. The molecule has 7 heteroatoms. The Morgan fingerprint density at radius 2 is 2.04 bits per heavy atom. The Morgan fingerprint density at radius 1 is 1.33 bits per heavy atom. The SMILES string of the molecule is CC(C)CC(=O)N1Cc2cc(CN(C3CC3)S(C)(=O)=O)ccc2OC[C@@H]1C. The lowest BCUT2D eigenvalue weighted by atomic mass is 10.1. The molecule has 3 rings (SSSR count). The summed E-state index contributed by atoms with van der Waals surface area (Å²) >= 11 is 0. The fourth-order valence-corrected chi connectivity index (χ4v) is 4.63. The summed E-state index contributed by atoms with van der Waals surface area (Å²) in [7, 11) is -3.24. The maximum Gasteiger partial charge on any atom is 0.223 e. The van der Waals surface area contributed by atoms with Gasteiger partial charge in [-0.05, 0) is 43.4 Å². The van der Waals surface area contributed by atoms with Crippen LogP contribution in [0.4, 0.5) is 0 Å². The predicted molar refractivity (Wildman–Crippen MR) is 105 cm³/mol. The van der Waals surface area contributed by atoms with Crippen LogP contribution in [0.3, 0.4) is 0 Å². The number of sulfonamides is 1. The van der Waals surface area contributed by atoms with Crippen LogP contribution in [0.25, 0.3) is 0 Å². The Balaban J connectivity index is 1.82. The number of rotatable bonds is 6. The molecule has 1 saturated carbocycles. The lowest BCUT2D eigenvalue weighted by Crippen LogP contribution is -2.40. The van der Waals surface area contributed by atoms with Crippen molar-refractivity contribution in [2.75, 3.05) is 12.9 Å². The van der Waals surface area contributed by atoms with Gasteiger partial charge in [-0.1, -0.05) is 19.9 Å². The first-order chi connectivity index (χ1) is 12.6. The molecule has 1 fully saturated rings. The molecular formula is C20H30N2O4S. The average molecular weight is 395 g/mol. The highest BCUT2D eigenvalue weighted by molar-refractivity contribution is 7.88. The second kappa shape index (κ2) is 7.80. The first kappa shape index (κ1) is 20.1. The maximum atomic E-state index is 12.7. The number of ether oxygens (including phenoxy) is 1. The summed E-state index contributed by atoms with van der Waals surface area (Å²) < 4.78 is 31.7. The molecule has 1 atom stereocenters. The molecule has 2 aliphatic rings. The molecular weight excluding hydrogens is 364 g/mol. The second-order valence-electron chi connectivity index (χ2n) is 8.26. The number of benzene rings is 1. The van der Waals surface area contributed by atoms with Gasteiger partial charge in [0.1, 0.15) is 12.4 Å². The zero-order valence-corrected chi connectivity index (χ0v) is 17.5. The van der Waals surface area contributed by atoms with E-state index in [0.717, 1.165) is 29.7 Å². The zero-order valence-electron chi connectivity index (χ0n) is 16.6. The van der Waals surface area contributed by atoms with Crippen LogP contribution in [0.1, 0.15) is 51.2 Å². The molecule has 1 amide bonds. The number of hydrogen-bond acceptors (Lipinski definition) is 4. The Labute approximate surface area is 162 Å². The van der Waals surface area contributed by atoms with Gasteiger partial charge in [0, 0.05) is 31.1 Å². The van der Waals surface area contributed by atoms with Gasteiger partial charge in [-0.3, -0.25) is 4.79 Å². The van der Waals surface area contributed by atoms with E-state index in [-0.39, 0.29) is 18.0 Å². The van der Waals surface area contributed by atoms with Crippen molar-refractivity contribution in [3.63, 3.8) is 0 Å².